The molecular formula is C30H54O5. The number of hydrogen-bond acceptors (Lipinski definition) is 4. The number of carbonyl (C=O) groups is 1. The van der Waals surface area contributed by atoms with Gasteiger partial charge in [0.2, 0.25) is 0 Å². The molecule has 0 heterocycles. The summed E-state index contributed by atoms with van der Waals surface area (Å²) in [6.45, 7) is 15.1. The predicted molar refractivity (Wildman–Crippen MR) is 144 cm³/mol. The first-order valence-electron chi connectivity index (χ1n) is 14.0. The molecule has 0 spiro atoms. The van der Waals surface area contributed by atoms with Crippen molar-refractivity contribution >= 4 is 5.97 Å². The topological polar surface area (TPSA) is 87.0 Å². The van der Waals surface area contributed by atoms with E-state index in [2.05, 4.69) is 33.8 Å². The van der Waals surface area contributed by atoms with Gasteiger partial charge in [-0.3, -0.25) is 4.79 Å². The van der Waals surface area contributed by atoms with Crippen molar-refractivity contribution in [3.63, 3.8) is 0 Å². The Morgan fingerprint density at radius 2 is 1.80 bits per heavy atom. The Morgan fingerprint density at radius 3 is 2.43 bits per heavy atom. The van der Waals surface area contributed by atoms with E-state index < -0.39 is 11.6 Å². The zero-order chi connectivity index (χ0) is 26.6. The lowest BCUT2D eigenvalue weighted by molar-refractivity contribution is -0.141. The third kappa shape index (κ3) is 12.1. The number of hydrogen-bond donors (Lipinski definition) is 3. The van der Waals surface area contributed by atoms with Gasteiger partial charge in [0.05, 0.1) is 23.7 Å². The van der Waals surface area contributed by atoms with Crippen LogP contribution in [0.4, 0.5) is 0 Å². The molecule has 204 valence electrons. The maximum atomic E-state index is 10.9. The van der Waals surface area contributed by atoms with Crippen molar-refractivity contribution in [3.05, 3.63) is 23.3 Å². The zero-order valence-corrected chi connectivity index (χ0v) is 23.6. The van der Waals surface area contributed by atoms with E-state index >= 15 is 0 Å². The average Bonchev–Trinajstić information content (AvgIpc) is 2.78. The molecule has 6 unspecified atom stereocenters. The maximum Gasteiger partial charge on any atom is 0.306 e. The molecule has 0 saturated carbocycles. The number of carboxylic acids is 1. The molecular weight excluding hydrogens is 440 g/mol. The molecule has 1 aliphatic carbocycles. The molecule has 0 radical (unpaired) electrons. The molecule has 1 rings (SSSR count). The predicted octanol–water partition coefficient (Wildman–Crippen LogP) is 6.92. The van der Waals surface area contributed by atoms with Crippen molar-refractivity contribution in [2.75, 3.05) is 6.61 Å². The van der Waals surface area contributed by atoms with Crippen LogP contribution in [-0.4, -0.2) is 45.7 Å². The second-order valence-electron chi connectivity index (χ2n) is 11.6. The van der Waals surface area contributed by atoms with Crippen molar-refractivity contribution < 1.29 is 24.9 Å². The lowest BCUT2D eigenvalue weighted by Crippen LogP contribution is -2.39. The summed E-state index contributed by atoms with van der Waals surface area (Å²) < 4.78 is 6.04. The normalized spacial score (nSPS) is 26.7. The molecule has 5 heteroatoms. The minimum atomic E-state index is -0.761. The van der Waals surface area contributed by atoms with Gasteiger partial charge in [-0.15, -0.1) is 0 Å². The van der Waals surface area contributed by atoms with Crippen LogP contribution in [0.5, 0.6) is 0 Å². The average molecular weight is 495 g/mol. The Bertz CT molecular complexity index is 680. The first-order valence-corrected chi connectivity index (χ1v) is 14.0. The number of aliphatic hydroxyl groups is 2. The number of carboxylic acid groups (broad SMARTS) is 1. The van der Waals surface area contributed by atoms with Crippen molar-refractivity contribution in [2.24, 2.45) is 23.7 Å². The van der Waals surface area contributed by atoms with Gasteiger partial charge in [-0.25, -0.2) is 0 Å². The summed E-state index contributed by atoms with van der Waals surface area (Å²) in [6, 6.07) is 0. The van der Waals surface area contributed by atoms with Crippen LogP contribution in [0.25, 0.3) is 0 Å². The number of rotatable bonds is 17. The SMILES string of the molecule is CCO[C@@H]1C(CCC(C)CC/C=C(\C)CCCC(C)(O)CCCC(C)C(=O)O)=CC(O)C(C)C1C. The van der Waals surface area contributed by atoms with E-state index in [0.29, 0.717) is 31.3 Å². The Kier molecular flexibility index (Phi) is 14.4. The summed E-state index contributed by atoms with van der Waals surface area (Å²) in [7, 11) is 0. The number of ether oxygens (including phenoxy) is 1. The van der Waals surface area contributed by atoms with Gasteiger partial charge >= 0.3 is 5.97 Å². The largest absolute Gasteiger partial charge is 0.481 e. The first-order chi connectivity index (χ1) is 16.4. The van der Waals surface area contributed by atoms with Crippen LogP contribution in [-0.2, 0) is 9.53 Å². The Hall–Kier alpha value is -1.17. The lowest BCUT2D eigenvalue weighted by Gasteiger charge is -2.37. The van der Waals surface area contributed by atoms with E-state index in [1.807, 2.05) is 19.9 Å². The smallest absolute Gasteiger partial charge is 0.306 e. The third-order valence-corrected chi connectivity index (χ3v) is 8.08. The molecule has 35 heavy (non-hydrogen) atoms. The van der Waals surface area contributed by atoms with Crippen LogP contribution in [0.1, 0.15) is 113 Å². The van der Waals surface area contributed by atoms with Crippen molar-refractivity contribution in [1.82, 2.24) is 0 Å². The quantitative estimate of drug-likeness (QED) is 0.191. The van der Waals surface area contributed by atoms with Crippen molar-refractivity contribution in [2.45, 2.75) is 130 Å². The monoisotopic (exact) mass is 494 g/mol. The van der Waals surface area contributed by atoms with Crippen LogP contribution >= 0.6 is 0 Å². The molecule has 0 amide bonds. The van der Waals surface area contributed by atoms with E-state index in [1.165, 1.54) is 11.1 Å². The van der Waals surface area contributed by atoms with Gasteiger partial charge in [0.25, 0.3) is 0 Å². The number of aliphatic carboxylic acids is 1. The van der Waals surface area contributed by atoms with Crippen molar-refractivity contribution in [3.8, 4) is 0 Å². The van der Waals surface area contributed by atoms with Gasteiger partial charge in [0, 0.05) is 6.61 Å². The molecule has 0 aromatic carbocycles. The molecule has 0 aromatic heterocycles. The first kappa shape index (κ1) is 31.9. The van der Waals surface area contributed by atoms with Crippen molar-refractivity contribution in [1.29, 1.82) is 0 Å². The van der Waals surface area contributed by atoms with E-state index in [0.717, 1.165) is 51.4 Å². The molecule has 7 atom stereocenters. The summed E-state index contributed by atoms with van der Waals surface area (Å²) in [5.41, 5.74) is 1.93. The highest BCUT2D eigenvalue weighted by Crippen LogP contribution is 2.35. The molecule has 0 saturated heterocycles. The maximum absolute atomic E-state index is 10.9. The lowest BCUT2D eigenvalue weighted by atomic mass is 9.76. The molecule has 5 nitrogen and oxygen atoms in total. The molecule has 0 aromatic rings. The molecule has 1 aliphatic rings. The van der Waals surface area contributed by atoms with Gasteiger partial charge in [0.15, 0.2) is 0 Å². The second-order valence-corrected chi connectivity index (χ2v) is 11.6. The zero-order valence-electron chi connectivity index (χ0n) is 23.6. The van der Waals surface area contributed by atoms with Crippen LogP contribution in [0.2, 0.25) is 0 Å². The van der Waals surface area contributed by atoms with Crippen LogP contribution in [0.15, 0.2) is 23.3 Å². The molecule has 0 fully saturated rings. The highest BCUT2D eigenvalue weighted by atomic mass is 16.5. The summed E-state index contributed by atoms with van der Waals surface area (Å²) in [4.78, 5) is 10.9. The van der Waals surface area contributed by atoms with Crippen LogP contribution < -0.4 is 0 Å². The minimum Gasteiger partial charge on any atom is -0.481 e. The molecule has 0 aliphatic heterocycles. The number of aliphatic hydroxyl groups excluding tert-OH is 1. The van der Waals surface area contributed by atoms with Gasteiger partial charge in [-0.05, 0) is 108 Å². The van der Waals surface area contributed by atoms with Gasteiger partial charge in [0.1, 0.15) is 0 Å². The second kappa shape index (κ2) is 15.8. The summed E-state index contributed by atoms with van der Waals surface area (Å²) >= 11 is 0. The van der Waals surface area contributed by atoms with Gasteiger partial charge < -0.3 is 20.1 Å². The molecule has 3 N–H and O–H groups in total. The van der Waals surface area contributed by atoms with E-state index in [-0.39, 0.29) is 24.0 Å². The van der Waals surface area contributed by atoms with E-state index in [4.69, 9.17) is 9.84 Å². The van der Waals surface area contributed by atoms with Gasteiger partial charge in [-0.2, -0.15) is 0 Å². The number of allylic oxidation sites excluding steroid dienone is 2. The summed E-state index contributed by atoms with van der Waals surface area (Å²) in [5.74, 6) is 0.0688. The minimum absolute atomic E-state index is 0.130. The van der Waals surface area contributed by atoms with Gasteiger partial charge in [-0.1, -0.05) is 45.4 Å². The van der Waals surface area contributed by atoms with Crippen LogP contribution in [0.3, 0.4) is 0 Å². The summed E-state index contributed by atoms with van der Waals surface area (Å²) in [6.07, 6.45) is 13.2. The highest BCUT2D eigenvalue weighted by Gasteiger charge is 2.34. The Labute approximate surface area is 215 Å². The molecule has 0 bridgehead atoms. The Balaban J connectivity index is 2.34. The highest BCUT2D eigenvalue weighted by molar-refractivity contribution is 5.69. The summed E-state index contributed by atoms with van der Waals surface area (Å²) in [5, 5.41) is 30.0. The fraction of sp³-hybridized carbons (Fsp3) is 0.833. The fourth-order valence-electron chi connectivity index (χ4n) is 5.11. The van der Waals surface area contributed by atoms with Crippen LogP contribution in [0, 0.1) is 23.7 Å². The Morgan fingerprint density at radius 1 is 1.14 bits per heavy atom. The fourth-order valence-corrected chi connectivity index (χ4v) is 5.11. The third-order valence-electron chi connectivity index (χ3n) is 8.08. The van der Waals surface area contributed by atoms with E-state index in [1.54, 1.807) is 6.92 Å². The standard InChI is InChI=1S/C30H54O5/c1-8-35-28-25(6)24(5)27(31)20-26(28)17-16-22(3)13-9-12-21(2)14-10-18-30(7,34)19-11-15-23(4)29(32)33/h12,20,22-25,27-28,31,34H,8-11,13-19H2,1-7H3,(H,32,33)/b21-12+/t22?,23?,24?,25?,27?,28-,30?/m0/s1. The van der Waals surface area contributed by atoms with E-state index in [9.17, 15) is 15.0 Å².